The van der Waals surface area contributed by atoms with E-state index in [0.29, 0.717) is 29.4 Å². The lowest BCUT2D eigenvalue weighted by atomic mass is 10.1. The summed E-state index contributed by atoms with van der Waals surface area (Å²) >= 11 is 1.42. The maximum atomic E-state index is 12.6. The number of thiophene rings is 1. The number of carbonyl (C=O) groups is 3. The number of likely N-dealkylation sites (N-methyl/N-ethyl adjacent to an activating group) is 1. The molecule has 1 aromatic carbocycles. The van der Waals surface area contributed by atoms with E-state index in [1.54, 1.807) is 28.0 Å². The molecule has 0 spiro atoms. The monoisotopic (exact) mass is 456 g/mol. The Labute approximate surface area is 189 Å². The number of piperazine rings is 1. The number of cyclic esters (lactones) is 1. The number of nitrogens with one attached hydrogen (secondary N) is 1. The van der Waals surface area contributed by atoms with E-state index in [1.165, 1.54) is 11.3 Å². The Morgan fingerprint density at radius 1 is 1.22 bits per heavy atom. The van der Waals surface area contributed by atoms with Crippen LogP contribution < -0.4 is 19.9 Å². The Balaban J connectivity index is 1.29. The zero-order chi connectivity index (χ0) is 22.4. The molecule has 0 unspecified atom stereocenters. The van der Waals surface area contributed by atoms with Gasteiger partial charge >= 0.3 is 6.09 Å². The van der Waals surface area contributed by atoms with E-state index < -0.39 is 12.2 Å². The number of aryl methyl sites for hydroxylation is 1. The number of rotatable bonds is 4. The molecular weight excluding hydrogens is 432 g/mol. The summed E-state index contributed by atoms with van der Waals surface area (Å²) in [5.74, 6) is 0.391. The summed E-state index contributed by atoms with van der Waals surface area (Å²) in [5, 5.41) is 2.86. The topological polar surface area (TPSA) is 91.4 Å². The molecular formula is C22H24N4O5S. The molecule has 2 fully saturated rings. The zero-order valence-corrected chi connectivity index (χ0v) is 18.7. The molecule has 1 N–H and O–H groups in total. The number of nitrogens with zero attached hydrogens (tertiary/aromatic N) is 3. The molecule has 0 bridgehead atoms. The van der Waals surface area contributed by atoms with Gasteiger partial charge in [0, 0.05) is 29.7 Å². The molecule has 0 radical (unpaired) electrons. The Morgan fingerprint density at radius 2 is 2.06 bits per heavy atom. The first kappa shape index (κ1) is 20.8. The van der Waals surface area contributed by atoms with Gasteiger partial charge in [-0.2, -0.15) is 0 Å². The van der Waals surface area contributed by atoms with Crippen LogP contribution in [-0.4, -0.2) is 74.8 Å². The molecule has 0 saturated carbocycles. The van der Waals surface area contributed by atoms with E-state index in [1.807, 2.05) is 31.0 Å². The lowest BCUT2D eigenvalue weighted by Gasteiger charge is -2.34. The fraction of sp³-hybridized carbons (Fsp3) is 0.409. The van der Waals surface area contributed by atoms with Gasteiger partial charge in [-0.3, -0.25) is 19.4 Å². The van der Waals surface area contributed by atoms with Gasteiger partial charge in [-0.1, -0.05) is 0 Å². The molecule has 3 amide bonds. The molecule has 9 nitrogen and oxygen atoms in total. The Kier molecular flexibility index (Phi) is 5.26. The number of anilines is 2. The first-order chi connectivity index (χ1) is 15.4. The highest BCUT2D eigenvalue weighted by molar-refractivity contribution is 7.13. The van der Waals surface area contributed by atoms with Crippen molar-refractivity contribution in [2.24, 2.45) is 0 Å². The standard InChI is InChI=1S/C22H24N4O5S/c1-13-3-6-19(32-13)21(28)23-10-18-16-12-30-17-9-14(25-8-7-24(2)11-20(25)27)4-5-15(17)26(16)22(29)31-18/h3-6,9,16,18H,7-8,10-12H2,1-2H3,(H,23,28)/t16-,18-/m0/s1. The van der Waals surface area contributed by atoms with E-state index in [-0.39, 0.29) is 31.0 Å². The maximum Gasteiger partial charge on any atom is 0.415 e. The van der Waals surface area contributed by atoms with Gasteiger partial charge in [0.2, 0.25) is 5.91 Å². The van der Waals surface area contributed by atoms with Crippen LogP contribution in [0, 0.1) is 6.92 Å². The number of hydrogen-bond donors (Lipinski definition) is 1. The Morgan fingerprint density at radius 3 is 2.81 bits per heavy atom. The second-order valence-corrected chi connectivity index (χ2v) is 9.51. The summed E-state index contributed by atoms with van der Waals surface area (Å²) in [7, 11) is 1.92. The Hall–Kier alpha value is -3.11. The van der Waals surface area contributed by atoms with Crippen molar-refractivity contribution in [1.29, 1.82) is 0 Å². The summed E-state index contributed by atoms with van der Waals surface area (Å²) in [4.78, 5) is 44.4. The minimum absolute atomic E-state index is 0.0321. The van der Waals surface area contributed by atoms with Crippen molar-refractivity contribution in [1.82, 2.24) is 10.2 Å². The van der Waals surface area contributed by atoms with Crippen LogP contribution >= 0.6 is 11.3 Å². The average Bonchev–Trinajstić information content (AvgIpc) is 3.35. The van der Waals surface area contributed by atoms with E-state index in [2.05, 4.69) is 5.32 Å². The predicted molar refractivity (Wildman–Crippen MR) is 120 cm³/mol. The van der Waals surface area contributed by atoms with Gasteiger partial charge in [-0.25, -0.2) is 4.79 Å². The number of ether oxygens (including phenoxy) is 2. The second-order valence-electron chi connectivity index (χ2n) is 8.23. The van der Waals surface area contributed by atoms with E-state index >= 15 is 0 Å². The minimum Gasteiger partial charge on any atom is -0.489 e. The molecule has 4 heterocycles. The van der Waals surface area contributed by atoms with Crippen molar-refractivity contribution in [3.05, 3.63) is 40.1 Å². The third kappa shape index (κ3) is 3.69. The van der Waals surface area contributed by atoms with E-state index in [9.17, 15) is 14.4 Å². The van der Waals surface area contributed by atoms with Crippen LogP contribution in [0.5, 0.6) is 5.75 Å². The first-order valence-corrected chi connectivity index (χ1v) is 11.3. The van der Waals surface area contributed by atoms with E-state index in [4.69, 9.17) is 9.47 Å². The van der Waals surface area contributed by atoms with Crippen LogP contribution in [0.25, 0.3) is 0 Å². The van der Waals surface area contributed by atoms with Crippen LogP contribution in [0.1, 0.15) is 14.5 Å². The van der Waals surface area contributed by atoms with Crippen molar-refractivity contribution in [2.75, 3.05) is 49.6 Å². The predicted octanol–water partition coefficient (Wildman–Crippen LogP) is 1.85. The molecule has 168 valence electrons. The molecule has 0 aliphatic carbocycles. The van der Waals surface area contributed by atoms with Gasteiger partial charge in [0.15, 0.2) is 0 Å². The summed E-state index contributed by atoms with van der Waals surface area (Å²) in [6.07, 6.45) is -0.978. The molecule has 10 heteroatoms. The van der Waals surface area contributed by atoms with Crippen molar-refractivity contribution in [3.8, 4) is 5.75 Å². The van der Waals surface area contributed by atoms with Gasteiger partial charge in [-0.05, 0) is 38.2 Å². The van der Waals surface area contributed by atoms with Crippen LogP contribution in [0.4, 0.5) is 16.2 Å². The van der Waals surface area contributed by atoms with Crippen LogP contribution in [-0.2, 0) is 9.53 Å². The van der Waals surface area contributed by atoms with Crippen molar-refractivity contribution >= 4 is 40.6 Å². The lowest BCUT2D eigenvalue weighted by Crippen LogP contribution is -2.49. The van der Waals surface area contributed by atoms with Gasteiger partial charge in [0.05, 0.1) is 23.7 Å². The summed E-state index contributed by atoms with van der Waals surface area (Å²) in [6.45, 7) is 4.17. The first-order valence-electron chi connectivity index (χ1n) is 10.5. The van der Waals surface area contributed by atoms with Gasteiger partial charge in [0.25, 0.3) is 5.91 Å². The van der Waals surface area contributed by atoms with Gasteiger partial charge in [0.1, 0.15) is 24.5 Å². The number of fused-ring (bicyclic) bond motifs is 3. The molecule has 2 aromatic rings. The summed E-state index contributed by atoms with van der Waals surface area (Å²) in [5.41, 5.74) is 1.36. The molecule has 5 rings (SSSR count). The fourth-order valence-electron chi connectivity index (χ4n) is 4.26. The third-order valence-corrected chi connectivity index (χ3v) is 6.97. The fourth-order valence-corrected chi connectivity index (χ4v) is 5.05. The largest absolute Gasteiger partial charge is 0.489 e. The smallest absolute Gasteiger partial charge is 0.415 e. The minimum atomic E-state index is -0.514. The molecule has 3 aliphatic rings. The summed E-state index contributed by atoms with van der Waals surface area (Å²) in [6, 6.07) is 8.76. The quantitative estimate of drug-likeness (QED) is 0.755. The zero-order valence-electron chi connectivity index (χ0n) is 17.9. The highest BCUT2D eigenvalue weighted by Gasteiger charge is 2.46. The van der Waals surface area contributed by atoms with Crippen molar-refractivity contribution in [2.45, 2.75) is 19.1 Å². The van der Waals surface area contributed by atoms with Crippen LogP contribution in [0.3, 0.4) is 0 Å². The molecule has 2 saturated heterocycles. The summed E-state index contributed by atoms with van der Waals surface area (Å²) < 4.78 is 11.5. The highest BCUT2D eigenvalue weighted by Crippen LogP contribution is 2.41. The molecule has 2 atom stereocenters. The van der Waals surface area contributed by atoms with Crippen molar-refractivity contribution < 1.29 is 23.9 Å². The highest BCUT2D eigenvalue weighted by atomic mass is 32.1. The molecule has 1 aromatic heterocycles. The number of carbonyl (C=O) groups excluding carboxylic acids is 3. The second kappa shape index (κ2) is 8.10. The maximum absolute atomic E-state index is 12.6. The third-order valence-electron chi connectivity index (χ3n) is 5.97. The normalized spacial score (nSPS) is 22.8. The SMILES string of the molecule is Cc1ccc(C(=O)NC[C@@H]2OC(=O)N3c4ccc(N5CCN(C)CC5=O)cc4OC[C@@H]23)s1. The van der Waals surface area contributed by atoms with Gasteiger partial charge in [-0.15, -0.1) is 11.3 Å². The number of benzene rings is 1. The van der Waals surface area contributed by atoms with E-state index in [0.717, 1.165) is 17.1 Å². The average molecular weight is 457 g/mol. The van der Waals surface area contributed by atoms with Crippen LogP contribution in [0.2, 0.25) is 0 Å². The number of amides is 3. The Bertz CT molecular complexity index is 1090. The molecule has 3 aliphatic heterocycles. The lowest BCUT2D eigenvalue weighted by molar-refractivity contribution is -0.120. The van der Waals surface area contributed by atoms with Crippen LogP contribution in [0.15, 0.2) is 30.3 Å². The van der Waals surface area contributed by atoms with Crippen molar-refractivity contribution in [3.63, 3.8) is 0 Å². The molecule has 32 heavy (non-hydrogen) atoms. The number of hydrogen-bond acceptors (Lipinski definition) is 7. The van der Waals surface area contributed by atoms with Gasteiger partial charge < -0.3 is 19.7 Å².